The van der Waals surface area contributed by atoms with Crippen LogP contribution in [0.15, 0.2) is 18.2 Å². The fourth-order valence-electron chi connectivity index (χ4n) is 1.34. The van der Waals surface area contributed by atoms with Gasteiger partial charge in [0.2, 0.25) is 0 Å². The van der Waals surface area contributed by atoms with E-state index in [4.69, 9.17) is 5.11 Å². The number of hydrogen-bond donors (Lipinski definition) is 1. The lowest BCUT2D eigenvalue weighted by molar-refractivity contribution is 0.0691. The molecule has 0 aromatic heterocycles. The van der Waals surface area contributed by atoms with Crippen LogP contribution >= 0.6 is 0 Å². The van der Waals surface area contributed by atoms with Crippen molar-refractivity contribution in [3.8, 4) is 0 Å². The molecule has 1 rings (SSSR count). The first-order valence-corrected chi connectivity index (χ1v) is 4.53. The van der Waals surface area contributed by atoms with Gasteiger partial charge in [-0.25, -0.2) is 9.18 Å². The number of carbonyl (C=O) groups is 1. The molecule has 0 aliphatic carbocycles. The third-order valence-electron chi connectivity index (χ3n) is 1.94. The summed E-state index contributed by atoms with van der Waals surface area (Å²) in [4.78, 5) is 10.6. The van der Waals surface area contributed by atoms with Crippen LogP contribution in [0.2, 0.25) is 0 Å². The molecule has 1 aromatic carbocycles. The van der Waals surface area contributed by atoms with Crippen molar-refractivity contribution in [1.29, 1.82) is 0 Å². The van der Waals surface area contributed by atoms with E-state index in [0.717, 1.165) is 0 Å². The Hall–Kier alpha value is -1.38. The largest absolute Gasteiger partial charge is 0.478 e. The molecule has 0 aliphatic heterocycles. The number of halogens is 1. The van der Waals surface area contributed by atoms with Gasteiger partial charge in [0.05, 0.1) is 5.56 Å². The standard InChI is InChI=1S/C11H13FO2/c1-7(2)6-8-4-3-5-9(10(8)12)11(13)14/h3-5,7H,6H2,1-2H3,(H,13,14). The maximum Gasteiger partial charge on any atom is 0.338 e. The summed E-state index contributed by atoms with van der Waals surface area (Å²) in [5.74, 6) is -1.50. The number of benzene rings is 1. The summed E-state index contributed by atoms with van der Waals surface area (Å²) in [6.45, 7) is 3.93. The Morgan fingerprint density at radius 2 is 2.14 bits per heavy atom. The van der Waals surface area contributed by atoms with Gasteiger partial charge in [-0.2, -0.15) is 0 Å². The zero-order valence-corrected chi connectivity index (χ0v) is 8.25. The highest BCUT2D eigenvalue weighted by molar-refractivity contribution is 5.88. The predicted octanol–water partition coefficient (Wildman–Crippen LogP) is 2.72. The summed E-state index contributed by atoms with van der Waals surface area (Å²) in [6.07, 6.45) is 0.562. The van der Waals surface area contributed by atoms with Crippen LogP contribution in [0.3, 0.4) is 0 Å². The molecule has 0 radical (unpaired) electrons. The molecule has 2 nitrogen and oxygen atoms in total. The van der Waals surface area contributed by atoms with Crippen LogP contribution in [0.4, 0.5) is 4.39 Å². The van der Waals surface area contributed by atoms with Gasteiger partial charge in [-0.05, 0) is 24.0 Å². The third-order valence-corrected chi connectivity index (χ3v) is 1.94. The Balaban J connectivity index is 3.07. The quantitative estimate of drug-likeness (QED) is 0.807. The van der Waals surface area contributed by atoms with E-state index in [1.807, 2.05) is 13.8 Å². The van der Waals surface area contributed by atoms with E-state index in [-0.39, 0.29) is 5.56 Å². The van der Waals surface area contributed by atoms with Crippen LogP contribution < -0.4 is 0 Å². The maximum atomic E-state index is 13.5. The summed E-state index contributed by atoms with van der Waals surface area (Å²) in [7, 11) is 0. The van der Waals surface area contributed by atoms with Crippen LogP contribution in [0.5, 0.6) is 0 Å². The third kappa shape index (κ3) is 2.31. The van der Waals surface area contributed by atoms with Crippen molar-refractivity contribution in [3.63, 3.8) is 0 Å². The van der Waals surface area contributed by atoms with Gasteiger partial charge in [0.25, 0.3) is 0 Å². The van der Waals surface area contributed by atoms with Gasteiger partial charge in [0.15, 0.2) is 0 Å². The van der Waals surface area contributed by atoms with E-state index in [2.05, 4.69) is 0 Å². The maximum absolute atomic E-state index is 13.5. The Labute approximate surface area is 82.4 Å². The average molecular weight is 196 g/mol. The summed E-state index contributed by atoms with van der Waals surface area (Å²) >= 11 is 0. The molecule has 0 amide bonds. The minimum Gasteiger partial charge on any atom is -0.478 e. The van der Waals surface area contributed by atoms with Crippen LogP contribution in [-0.4, -0.2) is 11.1 Å². The summed E-state index contributed by atoms with van der Waals surface area (Å²) in [5.41, 5.74) is 0.225. The SMILES string of the molecule is CC(C)Cc1cccc(C(=O)O)c1F. The van der Waals surface area contributed by atoms with Gasteiger partial charge >= 0.3 is 5.97 Å². The van der Waals surface area contributed by atoms with Crippen molar-refractivity contribution in [2.45, 2.75) is 20.3 Å². The van der Waals surface area contributed by atoms with Crippen LogP contribution in [-0.2, 0) is 6.42 Å². The molecule has 0 bridgehead atoms. The van der Waals surface area contributed by atoms with Crippen LogP contribution in [0.1, 0.15) is 29.8 Å². The average Bonchev–Trinajstić information content (AvgIpc) is 2.07. The molecule has 14 heavy (non-hydrogen) atoms. The lowest BCUT2D eigenvalue weighted by Crippen LogP contribution is -2.05. The first-order valence-electron chi connectivity index (χ1n) is 4.53. The fraction of sp³-hybridized carbons (Fsp3) is 0.364. The molecule has 0 saturated carbocycles. The summed E-state index contributed by atoms with van der Waals surface area (Å²) < 4.78 is 13.5. The topological polar surface area (TPSA) is 37.3 Å². The number of hydrogen-bond acceptors (Lipinski definition) is 1. The fourth-order valence-corrected chi connectivity index (χ4v) is 1.34. The smallest absolute Gasteiger partial charge is 0.338 e. The first kappa shape index (κ1) is 10.7. The molecule has 3 heteroatoms. The second kappa shape index (κ2) is 4.22. The second-order valence-corrected chi connectivity index (χ2v) is 3.68. The van der Waals surface area contributed by atoms with E-state index in [1.54, 1.807) is 12.1 Å². The lowest BCUT2D eigenvalue weighted by Gasteiger charge is -2.07. The molecule has 1 N–H and O–H groups in total. The molecular weight excluding hydrogens is 183 g/mol. The second-order valence-electron chi connectivity index (χ2n) is 3.68. The zero-order chi connectivity index (χ0) is 10.7. The van der Waals surface area contributed by atoms with Crippen molar-refractivity contribution in [3.05, 3.63) is 35.1 Å². The van der Waals surface area contributed by atoms with Gasteiger partial charge in [-0.15, -0.1) is 0 Å². The summed E-state index contributed by atoms with van der Waals surface area (Å²) in [5, 5.41) is 8.68. The Morgan fingerprint density at radius 3 is 2.64 bits per heavy atom. The van der Waals surface area contributed by atoms with Crippen LogP contribution in [0, 0.1) is 11.7 Å². The monoisotopic (exact) mass is 196 g/mol. The van der Waals surface area contributed by atoms with E-state index in [1.165, 1.54) is 6.07 Å². The van der Waals surface area contributed by atoms with E-state index < -0.39 is 11.8 Å². The van der Waals surface area contributed by atoms with Gasteiger partial charge in [0, 0.05) is 0 Å². The molecule has 1 aromatic rings. The van der Waals surface area contributed by atoms with Crippen molar-refractivity contribution >= 4 is 5.97 Å². The number of carboxylic acid groups (broad SMARTS) is 1. The highest BCUT2D eigenvalue weighted by Crippen LogP contribution is 2.16. The number of carboxylic acids is 1. The van der Waals surface area contributed by atoms with Crippen molar-refractivity contribution in [2.75, 3.05) is 0 Å². The molecule has 0 aliphatic rings. The normalized spacial score (nSPS) is 10.6. The van der Waals surface area contributed by atoms with Gasteiger partial charge in [-0.1, -0.05) is 26.0 Å². The minimum atomic E-state index is -1.21. The minimum absolute atomic E-state index is 0.247. The number of aromatic carboxylic acids is 1. The highest BCUT2D eigenvalue weighted by Gasteiger charge is 2.13. The molecule has 0 saturated heterocycles. The Kier molecular flexibility index (Phi) is 3.23. The highest BCUT2D eigenvalue weighted by atomic mass is 19.1. The summed E-state index contributed by atoms with van der Waals surface area (Å²) in [6, 6.07) is 4.48. The molecule has 0 fully saturated rings. The predicted molar refractivity (Wildman–Crippen MR) is 51.9 cm³/mol. The van der Waals surface area contributed by atoms with E-state index in [0.29, 0.717) is 17.9 Å². The van der Waals surface area contributed by atoms with Gasteiger partial charge in [-0.3, -0.25) is 0 Å². The van der Waals surface area contributed by atoms with Crippen molar-refractivity contribution in [2.24, 2.45) is 5.92 Å². The molecule has 0 heterocycles. The zero-order valence-electron chi connectivity index (χ0n) is 8.25. The van der Waals surface area contributed by atoms with Crippen molar-refractivity contribution < 1.29 is 14.3 Å². The molecule has 0 unspecified atom stereocenters. The molecule has 76 valence electrons. The van der Waals surface area contributed by atoms with E-state index >= 15 is 0 Å². The number of rotatable bonds is 3. The van der Waals surface area contributed by atoms with Gasteiger partial charge < -0.3 is 5.11 Å². The van der Waals surface area contributed by atoms with Crippen molar-refractivity contribution in [1.82, 2.24) is 0 Å². The molecular formula is C11H13FO2. The molecule has 0 atom stereocenters. The van der Waals surface area contributed by atoms with Gasteiger partial charge in [0.1, 0.15) is 5.82 Å². The van der Waals surface area contributed by atoms with Crippen LogP contribution in [0.25, 0.3) is 0 Å². The lowest BCUT2D eigenvalue weighted by atomic mass is 10.0. The molecule has 0 spiro atoms. The Bertz CT molecular complexity index is 345. The Morgan fingerprint density at radius 1 is 1.50 bits per heavy atom. The first-order chi connectivity index (χ1) is 6.52. The van der Waals surface area contributed by atoms with E-state index in [9.17, 15) is 9.18 Å².